The molecule has 0 amide bonds. The van der Waals surface area contributed by atoms with Gasteiger partial charge in [-0.15, -0.1) is 0 Å². The van der Waals surface area contributed by atoms with Gasteiger partial charge in [0.05, 0.1) is 5.69 Å². The molecule has 0 saturated heterocycles. The summed E-state index contributed by atoms with van der Waals surface area (Å²) in [4.78, 5) is 15.8. The van der Waals surface area contributed by atoms with Crippen LogP contribution in [0, 0.1) is 20.8 Å². The van der Waals surface area contributed by atoms with Crippen LogP contribution < -0.4 is 0 Å². The Balaban J connectivity index is 2.37. The maximum absolute atomic E-state index is 12.6. The van der Waals surface area contributed by atoms with Crippen LogP contribution in [0.2, 0.25) is 0 Å². The minimum Gasteiger partial charge on any atom is -0.356 e. The lowest BCUT2D eigenvalue weighted by Crippen LogP contribution is -2.11. The third kappa shape index (κ3) is 2.55. The van der Waals surface area contributed by atoms with E-state index in [2.05, 4.69) is 25.8 Å². The largest absolute Gasteiger partial charge is 0.356 e. The van der Waals surface area contributed by atoms with Gasteiger partial charge in [-0.05, 0) is 42.9 Å². The lowest BCUT2D eigenvalue weighted by molar-refractivity contribution is 0.103. The number of rotatable bonds is 2. The van der Waals surface area contributed by atoms with Gasteiger partial charge in [0.2, 0.25) is 5.78 Å². The Morgan fingerprint density at radius 1 is 0.950 bits per heavy atom. The quantitative estimate of drug-likeness (QED) is 0.802. The number of hydrogen-bond acceptors (Lipinski definition) is 1. The van der Waals surface area contributed by atoms with Gasteiger partial charge in [-0.3, -0.25) is 4.79 Å². The first-order valence-corrected chi connectivity index (χ1v) is 7.03. The van der Waals surface area contributed by atoms with E-state index >= 15 is 0 Å². The summed E-state index contributed by atoms with van der Waals surface area (Å²) in [6, 6.07) is 7.94. The van der Waals surface area contributed by atoms with Crippen molar-refractivity contribution in [1.82, 2.24) is 4.98 Å². The molecule has 0 aliphatic rings. The molecule has 2 nitrogen and oxygen atoms in total. The molecule has 2 heteroatoms. The van der Waals surface area contributed by atoms with E-state index < -0.39 is 0 Å². The fourth-order valence-corrected chi connectivity index (χ4v) is 2.34. The van der Waals surface area contributed by atoms with Crippen molar-refractivity contribution < 1.29 is 4.79 Å². The van der Waals surface area contributed by atoms with Gasteiger partial charge < -0.3 is 4.98 Å². The maximum atomic E-state index is 12.6. The Kier molecular flexibility index (Phi) is 3.59. The second-order valence-corrected chi connectivity index (χ2v) is 6.53. The molecule has 0 aliphatic carbocycles. The van der Waals surface area contributed by atoms with Crippen molar-refractivity contribution in [2.45, 2.75) is 47.0 Å². The van der Waals surface area contributed by atoms with Crippen LogP contribution in [-0.4, -0.2) is 10.8 Å². The zero-order valence-corrected chi connectivity index (χ0v) is 13.2. The number of hydrogen-bond donors (Lipinski definition) is 1. The molecule has 1 aromatic carbocycles. The first-order chi connectivity index (χ1) is 9.21. The second kappa shape index (κ2) is 4.93. The molecule has 1 aromatic heterocycles. The summed E-state index contributed by atoms with van der Waals surface area (Å²) in [5, 5.41) is 0. The van der Waals surface area contributed by atoms with Gasteiger partial charge in [-0.1, -0.05) is 45.0 Å². The number of aryl methyl sites for hydroxylation is 1. The van der Waals surface area contributed by atoms with E-state index in [9.17, 15) is 4.79 Å². The Hall–Kier alpha value is -1.83. The van der Waals surface area contributed by atoms with Gasteiger partial charge in [0.25, 0.3) is 0 Å². The number of H-pyrrole nitrogens is 1. The van der Waals surface area contributed by atoms with Crippen LogP contribution in [0.1, 0.15) is 59.2 Å². The van der Waals surface area contributed by atoms with E-state index in [0.29, 0.717) is 5.69 Å². The third-order valence-corrected chi connectivity index (χ3v) is 4.05. The van der Waals surface area contributed by atoms with E-state index in [1.54, 1.807) is 0 Å². The maximum Gasteiger partial charge on any atom is 0.209 e. The molecule has 20 heavy (non-hydrogen) atoms. The molecule has 0 fully saturated rings. The van der Waals surface area contributed by atoms with Crippen LogP contribution in [-0.2, 0) is 5.41 Å². The summed E-state index contributed by atoms with van der Waals surface area (Å²) >= 11 is 0. The molecule has 2 rings (SSSR count). The molecule has 0 spiro atoms. The van der Waals surface area contributed by atoms with Gasteiger partial charge in [-0.25, -0.2) is 0 Å². The molecule has 0 aliphatic heterocycles. The molecule has 2 aromatic rings. The molecule has 1 N–H and O–H groups in total. The Labute approximate surface area is 121 Å². The van der Waals surface area contributed by atoms with Crippen molar-refractivity contribution in [2.75, 3.05) is 0 Å². The molecule has 0 radical (unpaired) electrons. The van der Waals surface area contributed by atoms with Gasteiger partial charge in [0.15, 0.2) is 0 Å². The standard InChI is InChI=1S/C18H23NO/c1-11-12(2)16(19-13(11)3)17(20)14-7-9-15(10-8-14)18(4,5)6/h7-10,19H,1-6H3. The fraction of sp³-hybridized carbons (Fsp3) is 0.389. The second-order valence-electron chi connectivity index (χ2n) is 6.53. The van der Waals surface area contributed by atoms with E-state index in [1.807, 2.05) is 45.0 Å². The summed E-state index contributed by atoms with van der Waals surface area (Å²) in [6.07, 6.45) is 0. The van der Waals surface area contributed by atoms with Crippen molar-refractivity contribution >= 4 is 5.78 Å². The van der Waals surface area contributed by atoms with Crippen molar-refractivity contribution in [3.8, 4) is 0 Å². The average Bonchev–Trinajstić information content (AvgIpc) is 2.65. The van der Waals surface area contributed by atoms with Crippen molar-refractivity contribution in [3.05, 3.63) is 57.9 Å². The van der Waals surface area contributed by atoms with Crippen LogP contribution >= 0.6 is 0 Å². The third-order valence-electron chi connectivity index (χ3n) is 4.05. The van der Waals surface area contributed by atoms with Crippen LogP contribution in [0.25, 0.3) is 0 Å². The van der Waals surface area contributed by atoms with Crippen molar-refractivity contribution in [3.63, 3.8) is 0 Å². The topological polar surface area (TPSA) is 32.9 Å². The summed E-state index contributed by atoms with van der Waals surface area (Å²) in [6.45, 7) is 12.6. The smallest absolute Gasteiger partial charge is 0.209 e. The van der Waals surface area contributed by atoms with E-state index in [1.165, 1.54) is 11.1 Å². The molecular weight excluding hydrogens is 246 g/mol. The van der Waals surface area contributed by atoms with E-state index in [0.717, 1.165) is 16.8 Å². The van der Waals surface area contributed by atoms with Gasteiger partial charge in [0.1, 0.15) is 0 Å². The fourth-order valence-electron chi connectivity index (χ4n) is 2.34. The normalized spacial score (nSPS) is 11.7. The molecule has 106 valence electrons. The number of benzene rings is 1. The van der Waals surface area contributed by atoms with E-state index in [-0.39, 0.29) is 11.2 Å². The highest BCUT2D eigenvalue weighted by Crippen LogP contribution is 2.24. The Morgan fingerprint density at radius 2 is 1.50 bits per heavy atom. The zero-order chi connectivity index (χ0) is 15.1. The predicted molar refractivity (Wildman–Crippen MR) is 83.6 cm³/mol. The lowest BCUT2D eigenvalue weighted by Gasteiger charge is -2.18. The number of carbonyl (C=O) groups excluding carboxylic acids is 1. The summed E-state index contributed by atoms with van der Waals surface area (Å²) in [7, 11) is 0. The first kappa shape index (κ1) is 14.6. The number of carbonyl (C=O) groups is 1. The van der Waals surface area contributed by atoms with Gasteiger partial charge in [0, 0.05) is 11.3 Å². The van der Waals surface area contributed by atoms with Gasteiger partial charge >= 0.3 is 0 Å². The Bertz CT molecular complexity index is 639. The minimum absolute atomic E-state index is 0.0687. The highest BCUT2D eigenvalue weighted by Gasteiger charge is 2.18. The number of aromatic amines is 1. The predicted octanol–water partition coefficient (Wildman–Crippen LogP) is 4.47. The van der Waals surface area contributed by atoms with Crippen molar-refractivity contribution in [2.24, 2.45) is 0 Å². The molecular formula is C18H23NO. The molecule has 0 unspecified atom stereocenters. The van der Waals surface area contributed by atoms with Gasteiger partial charge in [-0.2, -0.15) is 0 Å². The summed E-state index contributed by atoms with van der Waals surface area (Å²) in [5.41, 5.74) is 6.08. The van der Waals surface area contributed by atoms with Crippen LogP contribution in [0.3, 0.4) is 0 Å². The molecule has 1 heterocycles. The number of aromatic nitrogens is 1. The molecule has 0 atom stereocenters. The minimum atomic E-state index is 0.0687. The zero-order valence-electron chi connectivity index (χ0n) is 13.2. The molecule has 0 bridgehead atoms. The SMILES string of the molecule is Cc1[nH]c(C(=O)c2ccc(C(C)(C)C)cc2)c(C)c1C. The first-order valence-electron chi connectivity index (χ1n) is 7.03. The van der Waals surface area contributed by atoms with Crippen LogP contribution in [0.15, 0.2) is 24.3 Å². The molecule has 0 saturated carbocycles. The van der Waals surface area contributed by atoms with Crippen LogP contribution in [0.4, 0.5) is 0 Å². The average molecular weight is 269 g/mol. The summed E-state index contributed by atoms with van der Waals surface area (Å²) in [5.74, 6) is 0.0687. The monoisotopic (exact) mass is 269 g/mol. The lowest BCUT2D eigenvalue weighted by atomic mass is 9.86. The summed E-state index contributed by atoms with van der Waals surface area (Å²) < 4.78 is 0. The highest BCUT2D eigenvalue weighted by atomic mass is 16.1. The van der Waals surface area contributed by atoms with E-state index in [4.69, 9.17) is 0 Å². The van der Waals surface area contributed by atoms with Crippen molar-refractivity contribution in [1.29, 1.82) is 0 Å². The Morgan fingerprint density at radius 3 is 1.90 bits per heavy atom. The number of ketones is 1. The number of nitrogens with one attached hydrogen (secondary N) is 1. The highest BCUT2D eigenvalue weighted by molar-refractivity contribution is 6.09. The van der Waals surface area contributed by atoms with Crippen LogP contribution in [0.5, 0.6) is 0 Å².